The number of nitrogens with two attached hydrogens (primary N) is 1. The molecule has 0 fully saturated rings. The maximum absolute atomic E-state index is 12.0. The lowest BCUT2D eigenvalue weighted by atomic mass is 10.1. The Hall–Kier alpha value is -3.60. The molecule has 0 aliphatic rings. The molecule has 0 saturated heterocycles. The molecule has 2 aromatic rings. The number of unbranched alkanes of at least 4 members (excludes halogenated alkanes) is 1. The van der Waals surface area contributed by atoms with Crippen LogP contribution < -0.4 is 16.4 Å². The van der Waals surface area contributed by atoms with E-state index in [1.807, 2.05) is 60.7 Å². The number of carboxylic acid groups (broad SMARTS) is 1. The Kier molecular flexibility index (Phi) is 13.5. The second-order valence-corrected chi connectivity index (χ2v) is 7.42. The third kappa shape index (κ3) is 14.3. The molecule has 2 rings (SSSR count). The van der Waals surface area contributed by atoms with Crippen LogP contribution in [0.25, 0.3) is 0 Å². The summed E-state index contributed by atoms with van der Waals surface area (Å²) < 4.78 is 36.9. The van der Waals surface area contributed by atoms with E-state index in [0.717, 1.165) is 24.8 Å². The van der Waals surface area contributed by atoms with Crippen molar-refractivity contribution in [1.82, 2.24) is 10.6 Å². The number of ether oxygens (including phenoxy) is 1. The van der Waals surface area contributed by atoms with Crippen LogP contribution in [-0.4, -0.2) is 48.4 Å². The highest BCUT2D eigenvalue weighted by atomic mass is 19.4. The third-order valence-electron chi connectivity index (χ3n) is 4.56. The van der Waals surface area contributed by atoms with Crippen LogP contribution in [0.5, 0.6) is 0 Å². The number of carbonyl (C=O) groups is 3. The third-order valence-corrected chi connectivity index (χ3v) is 4.56. The van der Waals surface area contributed by atoms with Crippen LogP contribution >= 0.6 is 0 Å². The Balaban J connectivity index is 0.000000762. The number of benzene rings is 2. The summed E-state index contributed by atoms with van der Waals surface area (Å²) in [7, 11) is 0. The maximum atomic E-state index is 12.0. The van der Waals surface area contributed by atoms with Gasteiger partial charge in [0.15, 0.2) is 0 Å². The normalized spacial score (nSPS) is 11.4. The monoisotopic (exact) mass is 497 g/mol. The van der Waals surface area contributed by atoms with Gasteiger partial charge in [-0.15, -0.1) is 0 Å². The number of alkyl carbamates (subject to hydrolysis) is 1. The maximum Gasteiger partial charge on any atom is 0.490 e. The number of halogens is 3. The Bertz CT molecular complexity index is 896. The van der Waals surface area contributed by atoms with E-state index in [9.17, 15) is 22.8 Å². The number of amides is 2. The lowest BCUT2D eigenvalue weighted by Crippen LogP contribution is -2.41. The molecule has 0 unspecified atom stereocenters. The number of alkyl halides is 3. The standard InChI is InChI=1S/C22H29N3O3.C2HF3O2/c23-20(21(26)24-16-14-18-9-3-1-4-10-18)13-7-8-15-25-22(27)28-17-19-11-5-2-6-12-19;3-2(4,5)1(6)7/h1-6,9-12,20H,7-8,13-17,23H2,(H,24,26)(H,25,27);(H,6,7)/t20-;/m1./s1. The molecule has 0 aromatic heterocycles. The predicted octanol–water partition coefficient (Wildman–Crippen LogP) is 3.40. The summed E-state index contributed by atoms with van der Waals surface area (Å²) in [5, 5.41) is 12.7. The van der Waals surface area contributed by atoms with E-state index in [2.05, 4.69) is 10.6 Å². The van der Waals surface area contributed by atoms with Gasteiger partial charge in [0, 0.05) is 13.1 Å². The number of aliphatic carboxylic acids is 1. The number of nitrogens with one attached hydrogen (secondary N) is 2. The highest BCUT2D eigenvalue weighted by molar-refractivity contribution is 5.81. The number of hydrogen-bond acceptors (Lipinski definition) is 5. The molecule has 0 bridgehead atoms. The Morgan fingerprint density at radius 1 is 0.886 bits per heavy atom. The number of rotatable bonds is 11. The molecule has 0 aliphatic heterocycles. The van der Waals surface area contributed by atoms with Gasteiger partial charge in [0.1, 0.15) is 6.61 Å². The van der Waals surface area contributed by atoms with Crippen LogP contribution in [0, 0.1) is 0 Å². The highest BCUT2D eigenvalue weighted by Gasteiger charge is 2.38. The zero-order valence-corrected chi connectivity index (χ0v) is 19.1. The number of hydrogen-bond donors (Lipinski definition) is 4. The van der Waals surface area contributed by atoms with Crippen LogP contribution in [0.2, 0.25) is 0 Å². The molecule has 2 aromatic carbocycles. The van der Waals surface area contributed by atoms with Crippen molar-refractivity contribution in [2.45, 2.75) is 44.5 Å². The van der Waals surface area contributed by atoms with Crippen LogP contribution in [0.1, 0.15) is 30.4 Å². The van der Waals surface area contributed by atoms with Crippen molar-refractivity contribution in [3.8, 4) is 0 Å². The molecular formula is C24H30F3N3O5. The fourth-order valence-electron chi connectivity index (χ4n) is 2.69. The van der Waals surface area contributed by atoms with Gasteiger partial charge >= 0.3 is 18.2 Å². The van der Waals surface area contributed by atoms with Gasteiger partial charge in [-0.2, -0.15) is 13.2 Å². The quantitative estimate of drug-likeness (QED) is 0.352. The van der Waals surface area contributed by atoms with Gasteiger partial charge in [-0.25, -0.2) is 9.59 Å². The molecule has 2 amide bonds. The van der Waals surface area contributed by atoms with E-state index in [-0.39, 0.29) is 12.5 Å². The van der Waals surface area contributed by atoms with Crippen LogP contribution in [0.3, 0.4) is 0 Å². The molecule has 1 atom stereocenters. The zero-order valence-electron chi connectivity index (χ0n) is 19.1. The van der Waals surface area contributed by atoms with E-state index < -0.39 is 24.3 Å². The first-order chi connectivity index (χ1) is 16.6. The topological polar surface area (TPSA) is 131 Å². The van der Waals surface area contributed by atoms with E-state index in [4.69, 9.17) is 20.4 Å². The van der Waals surface area contributed by atoms with Gasteiger partial charge in [-0.05, 0) is 36.8 Å². The van der Waals surface area contributed by atoms with E-state index in [1.165, 1.54) is 5.56 Å². The molecule has 8 nitrogen and oxygen atoms in total. The molecular weight excluding hydrogens is 467 g/mol. The van der Waals surface area contributed by atoms with Crippen LogP contribution in [-0.2, 0) is 27.4 Å². The largest absolute Gasteiger partial charge is 0.490 e. The van der Waals surface area contributed by atoms with Gasteiger partial charge in [0.2, 0.25) is 5.91 Å². The first-order valence-electron chi connectivity index (χ1n) is 10.9. The van der Waals surface area contributed by atoms with Gasteiger partial charge in [-0.1, -0.05) is 60.7 Å². The predicted molar refractivity (Wildman–Crippen MR) is 123 cm³/mol. The summed E-state index contributed by atoms with van der Waals surface area (Å²) in [4.78, 5) is 32.5. The fourth-order valence-corrected chi connectivity index (χ4v) is 2.69. The molecule has 11 heteroatoms. The smallest absolute Gasteiger partial charge is 0.475 e. The Labute approximate surface area is 201 Å². The minimum atomic E-state index is -5.08. The first kappa shape index (κ1) is 29.4. The minimum absolute atomic E-state index is 0.133. The molecule has 0 radical (unpaired) electrons. The average molecular weight is 498 g/mol. The van der Waals surface area contributed by atoms with Gasteiger partial charge < -0.3 is 26.2 Å². The fraction of sp³-hybridized carbons (Fsp3) is 0.375. The summed E-state index contributed by atoms with van der Waals surface area (Å²) in [6, 6.07) is 19.0. The minimum Gasteiger partial charge on any atom is -0.475 e. The van der Waals surface area contributed by atoms with E-state index >= 15 is 0 Å². The van der Waals surface area contributed by atoms with Gasteiger partial charge in [-0.3, -0.25) is 4.79 Å². The molecule has 0 saturated carbocycles. The summed E-state index contributed by atoms with van der Waals surface area (Å²) in [6.07, 6.45) is -2.66. The van der Waals surface area contributed by atoms with Crippen LogP contribution in [0.4, 0.5) is 18.0 Å². The average Bonchev–Trinajstić information content (AvgIpc) is 2.83. The number of carboxylic acids is 1. The zero-order chi connectivity index (χ0) is 26.1. The van der Waals surface area contributed by atoms with E-state index in [1.54, 1.807) is 0 Å². The summed E-state index contributed by atoms with van der Waals surface area (Å²) in [5.41, 5.74) is 8.05. The molecule has 0 spiro atoms. The van der Waals surface area contributed by atoms with Gasteiger partial charge in [0.05, 0.1) is 6.04 Å². The molecule has 0 aliphatic carbocycles. The second-order valence-electron chi connectivity index (χ2n) is 7.42. The SMILES string of the molecule is N[C@H](CCCCNC(=O)OCc1ccccc1)C(=O)NCCc1ccccc1.O=C(O)C(F)(F)F. The first-order valence-corrected chi connectivity index (χ1v) is 10.9. The molecule has 35 heavy (non-hydrogen) atoms. The summed E-state index contributed by atoms with van der Waals surface area (Å²) in [6.45, 7) is 1.32. The van der Waals surface area contributed by atoms with Crippen molar-refractivity contribution in [1.29, 1.82) is 0 Å². The lowest BCUT2D eigenvalue weighted by Gasteiger charge is -2.12. The summed E-state index contributed by atoms with van der Waals surface area (Å²) >= 11 is 0. The second kappa shape index (κ2) is 16.1. The lowest BCUT2D eigenvalue weighted by molar-refractivity contribution is -0.192. The van der Waals surface area contributed by atoms with Crippen molar-refractivity contribution in [2.24, 2.45) is 5.73 Å². The van der Waals surface area contributed by atoms with Crippen molar-refractivity contribution in [2.75, 3.05) is 13.1 Å². The van der Waals surface area contributed by atoms with E-state index in [0.29, 0.717) is 19.5 Å². The van der Waals surface area contributed by atoms with Gasteiger partial charge in [0.25, 0.3) is 0 Å². The Morgan fingerprint density at radius 2 is 1.43 bits per heavy atom. The Morgan fingerprint density at radius 3 is 1.97 bits per heavy atom. The molecule has 5 N–H and O–H groups in total. The van der Waals surface area contributed by atoms with Crippen molar-refractivity contribution >= 4 is 18.0 Å². The molecule has 0 heterocycles. The summed E-state index contributed by atoms with van der Waals surface area (Å²) in [5.74, 6) is -2.89. The van der Waals surface area contributed by atoms with Crippen molar-refractivity contribution < 1.29 is 37.4 Å². The van der Waals surface area contributed by atoms with Crippen molar-refractivity contribution in [3.05, 3.63) is 71.8 Å². The van der Waals surface area contributed by atoms with Crippen LogP contribution in [0.15, 0.2) is 60.7 Å². The highest BCUT2D eigenvalue weighted by Crippen LogP contribution is 2.13. The number of carbonyl (C=O) groups excluding carboxylic acids is 2. The molecule has 192 valence electrons. The van der Waals surface area contributed by atoms with Crippen molar-refractivity contribution in [3.63, 3.8) is 0 Å².